The normalized spacial score (nSPS) is 11.8. The molecule has 0 aromatic heterocycles. The van der Waals surface area contributed by atoms with Crippen LogP contribution >= 0.6 is 0 Å². The quantitative estimate of drug-likeness (QED) is 0.0268. The molecular formula is C48H67NO12. The Morgan fingerprint density at radius 3 is 1.46 bits per heavy atom. The van der Waals surface area contributed by atoms with Crippen molar-refractivity contribution in [3.8, 4) is 17.2 Å². The van der Waals surface area contributed by atoms with E-state index < -0.39 is 18.1 Å². The summed E-state index contributed by atoms with van der Waals surface area (Å²) in [5.41, 5.74) is 1.32. The fraction of sp³-hybridized carbons (Fsp3) is 0.542. The molecule has 0 unspecified atom stereocenters. The largest absolute Gasteiger partial charge is 0.508 e. The highest BCUT2D eigenvalue weighted by atomic mass is 16.5. The molecule has 0 saturated carbocycles. The number of benzene rings is 4. The second-order valence-electron chi connectivity index (χ2n) is 15.8. The number of Topliss-reactive ketones (excluding diaryl/α,β-unsaturated/α-hetero) is 1. The average molecular weight is 850 g/mol. The summed E-state index contributed by atoms with van der Waals surface area (Å²) in [5, 5.41) is 65.6. The molecule has 336 valence electrons. The van der Waals surface area contributed by atoms with Crippen LogP contribution in [-0.2, 0) is 47.8 Å². The maximum atomic E-state index is 13.1. The number of nitrogens with one attached hydrogen (secondary N) is 1. The predicted molar refractivity (Wildman–Crippen MR) is 235 cm³/mol. The molecule has 13 heteroatoms. The number of aryl methyl sites for hydroxylation is 2. The van der Waals surface area contributed by atoms with E-state index in [-0.39, 0.29) is 95.5 Å². The van der Waals surface area contributed by atoms with Crippen LogP contribution in [0.15, 0.2) is 60.7 Å². The Labute approximate surface area is 359 Å². The lowest BCUT2D eigenvalue weighted by Crippen LogP contribution is -2.59. The zero-order valence-electron chi connectivity index (χ0n) is 35.6. The number of phenols is 3. The van der Waals surface area contributed by atoms with E-state index in [2.05, 4.69) is 5.32 Å². The molecule has 13 nitrogen and oxygen atoms in total. The first kappa shape index (κ1) is 49.3. The van der Waals surface area contributed by atoms with Crippen LogP contribution in [0, 0.1) is 0 Å². The van der Waals surface area contributed by atoms with Crippen LogP contribution in [0.4, 0.5) is 0 Å². The van der Waals surface area contributed by atoms with Crippen LogP contribution < -0.4 is 5.32 Å². The summed E-state index contributed by atoms with van der Waals surface area (Å²) in [7, 11) is 0. The number of ether oxygens (including phenoxy) is 4. The first-order chi connectivity index (χ1) is 29.7. The molecule has 4 rings (SSSR count). The average Bonchev–Trinajstić information content (AvgIpc) is 3.25. The summed E-state index contributed by atoms with van der Waals surface area (Å²) in [4.78, 5) is 26.3. The van der Waals surface area contributed by atoms with Crippen LogP contribution in [-0.4, -0.2) is 121 Å². The lowest BCUT2D eigenvalue weighted by Gasteiger charge is -2.34. The van der Waals surface area contributed by atoms with Crippen LogP contribution in [0.25, 0.3) is 21.5 Å². The number of ketones is 1. The van der Waals surface area contributed by atoms with Crippen molar-refractivity contribution in [1.82, 2.24) is 5.32 Å². The fourth-order valence-electron chi connectivity index (χ4n) is 7.62. The van der Waals surface area contributed by atoms with E-state index in [0.29, 0.717) is 24.8 Å². The van der Waals surface area contributed by atoms with Crippen molar-refractivity contribution in [3.05, 3.63) is 77.4 Å². The Hall–Kier alpha value is -4.34. The summed E-state index contributed by atoms with van der Waals surface area (Å²) in [6.07, 6.45) is 11.2. The van der Waals surface area contributed by atoms with Crippen molar-refractivity contribution >= 4 is 33.2 Å². The van der Waals surface area contributed by atoms with Crippen molar-refractivity contribution < 1.29 is 59.2 Å². The molecule has 0 aliphatic carbocycles. The Morgan fingerprint density at radius 1 is 0.508 bits per heavy atom. The van der Waals surface area contributed by atoms with E-state index in [4.69, 9.17) is 34.3 Å². The Kier molecular flexibility index (Phi) is 22.3. The van der Waals surface area contributed by atoms with Crippen LogP contribution in [0.3, 0.4) is 0 Å². The molecule has 0 spiro atoms. The van der Waals surface area contributed by atoms with Gasteiger partial charge in [0.1, 0.15) is 36.0 Å². The van der Waals surface area contributed by atoms with Gasteiger partial charge in [0, 0.05) is 68.6 Å². The van der Waals surface area contributed by atoms with Gasteiger partial charge >= 0.3 is 0 Å². The number of carbonyl (C=O) groups excluding carboxylic acids is 2. The third-order valence-corrected chi connectivity index (χ3v) is 10.7. The molecular weight excluding hydrogens is 783 g/mol. The molecule has 0 bridgehead atoms. The number of fused-ring (bicyclic) bond motifs is 2. The third-order valence-electron chi connectivity index (χ3n) is 10.7. The lowest BCUT2D eigenvalue weighted by molar-refractivity contribution is -0.134. The Morgan fingerprint density at radius 2 is 0.951 bits per heavy atom. The van der Waals surface area contributed by atoms with Gasteiger partial charge < -0.3 is 54.9 Å². The lowest BCUT2D eigenvalue weighted by atomic mass is 9.93. The molecule has 0 heterocycles. The van der Waals surface area contributed by atoms with E-state index in [1.807, 2.05) is 48.5 Å². The summed E-state index contributed by atoms with van der Waals surface area (Å²) < 4.78 is 22.8. The molecule has 0 atom stereocenters. The fourth-order valence-corrected chi connectivity index (χ4v) is 7.62. The predicted octanol–water partition coefficient (Wildman–Crippen LogP) is 6.20. The van der Waals surface area contributed by atoms with Gasteiger partial charge in [-0.3, -0.25) is 9.59 Å². The van der Waals surface area contributed by atoms with E-state index >= 15 is 0 Å². The molecule has 0 aliphatic rings. The summed E-state index contributed by atoms with van der Waals surface area (Å²) in [6.45, 7) is -0.109. The number of hydrogen-bond acceptors (Lipinski definition) is 12. The number of aromatic hydroxyl groups is 3. The van der Waals surface area contributed by atoms with Crippen LogP contribution in [0.2, 0.25) is 0 Å². The minimum Gasteiger partial charge on any atom is -0.508 e. The molecule has 0 radical (unpaired) electrons. The maximum Gasteiger partial charge on any atom is 0.246 e. The van der Waals surface area contributed by atoms with Crippen LogP contribution in [0.5, 0.6) is 17.2 Å². The van der Waals surface area contributed by atoms with E-state index in [9.17, 15) is 24.9 Å². The molecule has 7 N–H and O–H groups in total. The van der Waals surface area contributed by atoms with Crippen molar-refractivity contribution in [2.75, 3.05) is 72.7 Å². The molecule has 0 fully saturated rings. The van der Waals surface area contributed by atoms with Gasteiger partial charge in [0.05, 0.1) is 19.8 Å². The van der Waals surface area contributed by atoms with Gasteiger partial charge in [0.25, 0.3) is 0 Å². The molecule has 1 amide bonds. The molecule has 61 heavy (non-hydrogen) atoms. The number of amides is 1. The van der Waals surface area contributed by atoms with E-state index in [1.54, 1.807) is 6.07 Å². The van der Waals surface area contributed by atoms with Gasteiger partial charge in [-0.15, -0.1) is 0 Å². The summed E-state index contributed by atoms with van der Waals surface area (Å²) in [6, 6.07) is 18.5. The van der Waals surface area contributed by atoms with Crippen molar-refractivity contribution in [2.45, 2.75) is 95.4 Å². The number of aliphatic hydroxyl groups is 3. The zero-order chi connectivity index (χ0) is 43.7. The van der Waals surface area contributed by atoms with Gasteiger partial charge in [-0.25, -0.2) is 0 Å². The van der Waals surface area contributed by atoms with Crippen molar-refractivity contribution in [2.24, 2.45) is 0 Å². The van der Waals surface area contributed by atoms with Crippen molar-refractivity contribution in [1.29, 1.82) is 0 Å². The number of hydrogen-bond donors (Lipinski definition) is 7. The highest BCUT2D eigenvalue weighted by Crippen LogP contribution is 2.36. The number of carbonyl (C=O) groups is 2. The monoisotopic (exact) mass is 849 g/mol. The summed E-state index contributed by atoms with van der Waals surface area (Å²) in [5.74, 6) is -0.355. The second-order valence-corrected chi connectivity index (χ2v) is 15.8. The first-order valence-corrected chi connectivity index (χ1v) is 21.8. The molecule has 4 aromatic carbocycles. The van der Waals surface area contributed by atoms with Gasteiger partial charge in [0.15, 0.2) is 5.78 Å². The van der Waals surface area contributed by atoms with Gasteiger partial charge in [-0.05, 0) is 72.7 Å². The minimum absolute atomic E-state index is 0.0131. The van der Waals surface area contributed by atoms with Gasteiger partial charge in [-0.1, -0.05) is 87.1 Å². The Bertz CT molecular complexity index is 1890. The smallest absolute Gasteiger partial charge is 0.246 e. The topological polar surface area (TPSA) is 204 Å². The molecule has 0 saturated heterocycles. The maximum absolute atomic E-state index is 13.1. The zero-order valence-corrected chi connectivity index (χ0v) is 35.6. The second kappa shape index (κ2) is 27.6. The molecule has 4 aromatic rings. The van der Waals surface area contributed by atoms with E-state index in [1.165, 1.54) is 6.07 Å². The summed E-state index contributed by atoms with van der Waals surface area (Å²) >= 11 is 0. The van der Waals surface area contributed by atoms with Crippen molar-refractivity contribution in [3.63, 3.8) is 0 Å². The number of aliphatic hydroxyl groups excluding tert-OH is 3. The van der Waals surface area contributed by atoms with E-state index in [0.717, 1.165) is 96.9 Å². The highest BCUT2D eigenvalue weighted by molar-refractivity contribution is 5.95. The number of unbranched alkanes of at least 4 members (excludes halogenated alkanes) is 7. The Balaban J connectivity index is 1.21. The van der Waals surface area contributed by atoms with Gasteiger partial charge in [-0.2, -0.15) is 0 Å². The van der Waals surface area contributed by atoms with Gasteiger partial charge in [0.2, 0.25) is 5.91 Å². The number of rotatable bonds is 33. The standard InChI is InChI=1S/C48H67NO12/c50-22-13-25-58-33-48(34-59-26-14-23-51,35-60-27-15-24-52)49-47(57)32-61-31-37(53)28-36-29-44(54)41(39-17-10-9-16-38(36)39)19-7-5-3-1-2-4-6-8-20-42-40-18-11-12-21-43(40)46(56)30-45(42)55/h9-12,16-18,21,29-30,50-52,54-56H,1-8,13-15,19-20,22-28,31-35H2,(H,49,57). The minimum atomic E-state index is -1.12. The third kappa shape index (κ3) is 16.5. The first-order valence-electron chi connectivity index (χ1n) is 21.8. The number of phenolic OH excluding ortho intramolecular Hbond substituents is 3. The SMILES string of the molecule is O=C(COCC(=O)NC(COCCCO)(COCCCO)COCCCO)Cc1cc(O)c(CCCCCCCCCCc2c(O)cc(O)c3ccccc23)c2ccccc12. The highest BCUT2D eigenvalue weighted by Gasteiger charge is 2.34. The molecule has 0 aliphatic heterocycles. The van der Waals surface area contributed by atoms with Crippen LogP contribution in [0.1, 0.15) is 87.3 Å².